The molecule has 16 heavy (non-hydrogen) atoms. The Morgan fingerprint density at radius 3 is 2.75 bits per heavy atom. The summed E-state index contributed by atoms with van der Waals surface area (Å²) in [6.07, 6.45) is 5.11. The first kappa shape index (κ1) is 13.7. The van der Waals surface area contributed by atoms with E-state index in [0.29, 0.717) is 6.04 Å². The molecule has 92 valence electrons. The molecule has 1 nitrogen and oxygen atoms in total. The lowest BCUT2D eigenvalue weighted by molar-refractivity contribution is 0.423. The van der Waals surface area contributed by atoms with Crippen LogP contribution in [-0.2, 0) is 6.42 Å². The van der Waals surface area contributed by atoms with Crippen molar-refractivity contribution in [2.45, 2.75) is 52.5 Å². The van der Waals surface area contributed by atoms with Gasteiger partial charge in [0.15, 0.2) is 0 Å². The van der Waals surface area contributed by atoms with E-state index in [-0.39, 0.29) is 0 Å². The highest BCUT2D eigenvalue weighted by atomic mass is 32.1. The molecule has 1 rings (SSSR count). The van der Waals surface area contributed by atoms with E-state index in [4.69, 9.17) is 0 Å². The van der Waals surface area contributed by atoms with E-state index >= 15 is 0 Å². The SMILES string of the molecule is CCC(CCCc1cccs1)NCC(C)C. The summed E-state index contributed by atoms with van der Waals surface area (Å²) in [6.45, 7) is 7.97. The third kappa shape index (κ3) is 5.66. The maximum atomic E-state index is 3.65. The number of nitrogens with one attached hydrogen (secondary N) is 1. The minimum atomic E-state index is 0.711. The Morgan fingerprint density at radius 1 is 1.38 bits per heavy atom. The highest BCUT2D eigenvalue weighted by Gasteiger charge is 2.06. The lowest BCUT2D eigenvalue weighted by atomic mass is 10.1. The summed E-state index contributed by atoms with van der Waals surface area (Å²) in [7, 11) is 0. The highest BCUT2D eigenvalue weighted by Crippen LogP contribution is 2.13. The van der Waals surface area contributed by atoms with E-state index < -0.39 is 0 Å². The molecule has 0 aliphatic carbocycles. The number of hydrogen-bond acceptors (Lipinski definition) is 2. The van der Waals surface area contributed by atoms with E-state index in [0.717, 1.165) is 12.5 Å². The summed E-state index contributed by atoms with van der Waals surface area (Å²) in [5, 5.41) is 5.82. The Morgan fingerprint density at radius 2 is 2.19 bits per heavy atom. The fourth-order valence-electron chi connectivity index (χ4n) is 1.83. The average molecular weight is 239 g/mol. The van der Waals surface area contributed by atoms with Gasteiger partial charge in [0.2, 0.25) is 0 Å². The summed E-state index contributed by atoms with van der Waals surface area (Å²) in [5.74, 6) is 0.756. The van der Waals surface area contributed by atoms with Crippen molar-refractivity contribution in [3.8, 4) is 0 Å². The second-order valence-corrected chi connectivity index (χ2v) is 5.91. The molecule has 1 N–H and O–H groups in total. The molecule has 0 aliphatic rings. The second kappa shape index (κ2) is 7.86. The summed E-state index contributed by atoms with van der Waals surface area (Å²) < 4.78 is 0. The molecular weight excluding hydrogens is 214 g/mol. The standard InChI is InChI=1S/C14H25NS/c1-4-13(15-11-12(2)3)7-5-8-14-9-6-10-16-14/h6,9-10,12-13,15H,4-5,7-8,11H2,1-3H3. The number of rotatable bonds is 8. The molecule has 1 unspecified atom stereocenters. The minimum absolute atomic E-state index is 0.711. The van der Waals surface area contributed by atoms with Crippen molar-refractivity contribution in [2.75, 3.05) is 6.54 Å². The Hall–Kier alpha value is -0.340. The molecule has 0 aromatic carbocycles. The van der Waals surface area contributed by atoms with Crippen molar-refractivity contribution in [3.05, 3.63) is 22.4 Å². The van der Waals surface area contributed by atoms with Gasteiger partial charge in [0.25, 0.3) is 0 Å². The van der Waals surface area contributed by atoms with Gasteiger partial charge in [-0.15, -0.1) is 11.3 Å². The van der Waals surface area contributed by atoms with E-state index in [1.807, 2.05) is 11.3 Å². The first-order valence-corrected chi connectivity index (χ1v) is 7.36. The van der Waals surface area contributed by atoms with Crippen LogP contribution in [0.5, 0.6) is 0 Å². The predicted octanol–water partition coefficient (Wildman–Crippen LogP) is 4.10. The van der Waals surface area contributed by atoms with E-state index in [2.05, 4.69) is 43.6 Å². The molecule has 1 heterocycles. The molecule has 0 bridgehead atoms. The largest absolute Gasteiger partial charge is 0.314 e. The van der Waals surface area contributed by atoms with Crippen molar-refractivity contribution in [3.63, 3.8) is 0 Å². The van der Waals surface area contributed by atoms with Crippen molar-refractivity contribution >= 4 is 11.3 Å². The first-order chi connectivity index (χ1) is 7.72. The molecule has 1 aromatic heterocycles. The topological polar surface area (TPSA) is 12.0 Å². The quantitative estimate of drug-likeness (QED) is 0.720. The molecule has 0 saturated carbocycles. The zero-order chi connectivity index (χ0) is 11.8. The van der Waals surface area contributed by atoms with Crippen molar-refractivity contribution in [1.82, 2.24) is 5.32 Å². The molecule has 0 aliphatic heterocycles. The fourth-order valence-corrected chi connectivity index (χ4v) is 2.58. The molecule has 0 radical (unpaired) electrons. The normalized spacial score (nSPS) is 13.2. The van der Waals surface area contributed by atoms with Crippen molar-refractivity contribution in [1.29, 1.82) is 0 Å². The summed E-state index contributed by atoms with van der Waals surface area (Å²) >= 11 is 1.88. The van der Waals surface area contributed by atoms with Crippen LogP contribution in [0.15, 0.2) is 17.5 Å². The fraction of sp³-hybridized carbons (Fsp3) is 0.714. The molecule has 2 heteroatoms. The van der Waals surface area contributed by atoms with E-state index in [1.54, 1.807) is 0 Å². The van der Waals surface area contributed by atoms with Gasteiger partial charge in [0, 0.05) is 10.9 Å². The zero-order valence-electron chi connectivity index (χ0n) is 10.8. The van der Waals surface area contributed by atoms with Gasteiger partial charge in [0.05, 0.1) is 0 Å². The third-order valence-corrected chi connectivity index (χ3v) is 3.80. The van der Waals surface area contributed by atoms with Gasteiger partial charge in [-0.05, 0) is 49.6 Å². The van der Waals surface area contributed by atoms with Crippen molar-refractivity contribution in [2.24, 2.45) is 5.92 Å². The molecule has 0 saturated heterocycles. The van der Waals surface area contributed by atoms with E-state index in [9.17, 15) is 0 Å². The van der Waals surface area contributed by atoms with Crippen LogP contribution >= 0.6 is 11.3 Å². The highest BCUT2D eigenvalue weighted by molar-refractivity contribution is 7.09. The van der Waals surface area contributed by atoms with Crippen LogP contribution in [0.1, 0.15) is 44.9 Å². The maximum absolute atomic E-state index is 3.65. The van der Waals surface area contributed by atoms with Gasteiger partial charge in [-0.25, -0.2) is 0 Å². The molecule has 0 fully saturated rings. The van der Waals surface area contributed by atoms with Gasteiger partial charge in [0.1, 0.15) is 0 Å². The van der Waals surface area contributed by atoms with Gasteiger partial charge >= 0.3 is 0 Å². The van der Waals surface area contributed by atoms with E-state index in [1.165, 1.54) is 30.6 Å². The second-order valence-electron chi connectivity index (χ2n) is 4.88. The van der Waals surface area contributed by atoms with Crippen LogP contribution in [-0.4, -0.2) is 12.6 Å². The van der Waals surface area contributed by atoms with Crippen LogP contribution in [0.2, 0.25) is 0 Å². The smallest absolute Gasteiger partial charge is 0.00646 e. The summed E-state index contributed by atoms with van der Waals surface area (Å²) in [5.41, 5.74) is 0. The van der Waals surface area contributed by atoms with Crippen LogP contribution in [0.3, 0.4) is 0 Å². The monoisotopic (exact) mass is 239 g/mol. The van der Waals surface area contributed by atoms with Crippen molar-refractivity contribution < 1.29 is 0 Å². The lowest BCUT2D eigenvalue weighted by Crippen LogP contribution is -2.31. The molecule has 0 amide bonds. The Balaban J connectivity index is 2.13. The Bertz CT molecular complexity index is 254. The lowest BCUT2D eigenvalue weighted by Gasteiger charge is -2.18. The first-order valence-electron chi connectivity index (χ1n) is 6.48. The van der Waals surface area contributed by atoms with Crippen LogP contribution in [0.4, 0.5) is 0 Å². The Kier molecular flexibility index (Phi) is 6.74. The molecule has 0 spiro atoms. The molecule has 1 atom stereocenters. The predicted molar refractivity (Wildman–Crippen MR) is 74.2 cm³/mol. The zero-order valence-corrected chi connectivity index (χ0v) is 11.6. The number of hydrogen-bond donors (Lipinski definition) is 1. The summed E-state index contributed by atoms with van der Waals surface area (Å²) in [4.78, 5) is 1.53. The van der Waals surface area contributed by atoms with Gasteiger partial charge in [-0.3, -0.25) is 0 Å². The number of aryl methyl sites for hydroxylation is 1. The molecular formula is C14H25NS. The van der Waals surface area contributed by atoms with Crippen LogP contribution in [0.25, 0.3) is 0 Å². The number of thiophene rings is 1. The van der Waals surface area contributed by atoms with Gasteiger partial charge < -0.3 is 5.32 Å². The molecule has 1 aromatic rings. The third-order valence-electron chi connectivity index (χ3n) is 2.86. The Labute approximate surface area is 104 Å². The average Bonchev–Trinajstić information content (AvgIpc) is 2.75. The van der Waals surface area contributed by atoms with Crippen LogP contribution < -0.4 is 5.32 Å². The van der Waals surface area contributed by atoms with Gasteiger partial charge in [-0.1, -0.05) is 26.8 Å². The summed E-state index contributed by atoms with van der Waals surface area (Å²) in [6, 6.07) is 5.10. The van der Waals surface area contributed by atoms with Gasteiger partial charge in [-0.2, -0.15) is 0 Å². The maximum Gasteiger partial charge on any atom is 0.00646 e. The minimum Gasteiger partial charge on any atom is -0.314 e. The van der Waals surface area contributed by atoms with Crippen LogP contribution in [0, 0.1) is 5.92 Å².